The first-order valence-electron chi connectivity index (χ1n) is 18.9. The smallest absolute Gasteiger partial charge is 0.141 e. The predicted molar refractivity (Wildman–Crippen MR) is 219 cm³/mol. The highest BCUT2D eigenvalue weighted by atomic mass is 35.5. The highest BCUT2D eigenvalue weighted by Crippen LogP contribution is 2.52. The normalized spacial score (nSPS) is 13.9. The van der Waals surface area contributed by atoms with E-state index in [1.54, 1.807) is 0 Å². The fourth-order valence-corrected chi connectivity index (χ4v) is 9.14. The van der Waals surface area contributed by atoms with Crippen molar-refractivity contribution in [3.63, 3.8) is 0 Å². The average molecular weight is 742 g/mol. The lowest BCUT2D eigenvalue weighted by Gasteiger charge is -2.41. The summed E-state index contributed by atoms with van der Waals surface area (Å²) < 4.78 is 0.738. The van der Waals surface area contributed by atoms with Crippen LogP contribution < -0.4 is 0 Å². The van der Waals surface area contributed by atoms with Gasteiger partial charge in [-0.15, -0.1) is 0 Å². The second-order valence-electron chi connectivity index (χ2n) is 14.6. The van der Waals surface area contributed by atoms with Crippen molar-refractivity contribution in [1.29, 1.82) is 0 Å². The lowest BCUT2D eigenvalue weighted by molar-refractivity contribution is -0.953. The van der Waals surface area contributed by atoms with E-state index >= 15 is 0 Å². The highest BCUT2D eigenvalue weighted by Gasteiger charge is 2.45. The first-order valence-corrected chi connectivity index (χ1v) is 19.7. The third-order valence-electron chi connectivity index (χ3n) is 11.3. The topological polar surface area (TPSA) is 40.5 Å². The Balaban J connectivity index is 1.62. The number of halogens is 2. The zero-order chi connectivity index (χ0) is 37.1. The fourth-order valence-electron chi connectivity index (χ4n) is 8.60. The zero-order valence-corrected chi connectivity index (χ0v) is 32.1. The van der Waals surface area contributed by atoms with E-state index in [1.165, 1.54) is 0 Å². The van der Waals surface area contributed by atoms with Crippen molar-refractivity contribution >= 4 is 23.2 Å². The molecule has 3 nitrogen and oxygen atoms in total. The summed E-state index contributed by atoms with van der Waals surface area (Å²) in [5.74, 6) is 0. The van der Waals surface area contributed by atoms with Crippen LogP contribution in [0.1, 0.15) is 84.0 Å². The molecule has 0 spiro atoms. The summed E-state index contributed by atoms with van der Waals surface area (Å²) >= 11 is 14.8. The van der Waals surface area contributed by atoms with Gasteiger partial charge in [-0.2, -0.15) is 0 Å². The second kappa shape index (κ2) is 15.6. The summed E-state index contributed by atoms with van der Waals surface area (Å²) in [4.78, 5) is 0. The van der Waals surface area contributed by atoms with Gasteiger partial charge < -0.3 is 14.7 Å². The van der Waals surface area contributed by atoms with Crippen molar-refractivity contribution < 1.29 is 14.7 Å². The van der Waals surface area contributed by atoms with Crippen molar-refractivity contribution in [2.24, 2.45) is 0 Å². The van der Waals surface area contributed by atoms with Crippen LogP contribution in [-0.4, -0.2) is 27.8 Å². The van der Waals surface area contributed by atoms with Gasteiger partial charge in [-0.25, -0.2) is 0 Å². The molecule has 0 amide bonds. The third kappa shape index (κ3) is 6.75. The molecule has 0 saturated carbocycles. The van der Waals surface area contributed by atoms with Crippen LogP contribution in [0.4, 0.5) is 0 Å². The second-order valence-corrected chi connectivity index (χ2v) is 15.4. The van der Waals surface area contributed by atoms with Crippen LogP contribution in [-0.2, 0) is 24.3 Å². The summed E-state index contributed by atoms with van der Waals surface area (Å²) in [6.45, 7) is 7.63. The number of fused-ring (bicyclic) bond motifs is 3. The maximum Gasteiger partial charge on any atom is 0.141 e. The number of nitrogens with zero attached hydrogens (tertiary/aromatic N) is 1. The molecule has 1 aliphatic heterocycles. The summed E-state index contributed by atoms with van der Waals surface area (Å²) in [5, 5.41) is 27.9. The molecule has 0 bridgehead atoms. The average Bonchev–Trinajstić information content (AvgIpc) is 3.36. The summed E-state index contributed by atoms with van der Waals surface area (Å²) in [6, 6.07) is 47.6. The van der Waals surface area contributed by atoms with Gasteiger partial charge in [0.25, 0.3) is 0 Å². The molecular formula is C48H48Cl2NO2+. The van der Waals surface area contributed by atoms with Gasteiger partial charge in [-0.05, 0) is 47.2 Å². The molecule has 1 heterocycles. The van der Waals surface area contributed by atoms with E-state index in [-0.39, 0.29) is 0 Å². The van der Waals surface area contributed by atoms with Crippen LogP contribution in [0.25, 0.3) is 11.1 Å². The SMILES string of the molecule is CCCC[N+]1(CCCC)Cc2c(C(O)(c3ccccc3)c3ccccc3)ccc(Cl)c2-c2c(Cl)ccc(C(O)(c3ccccc3)c3ccccc3)c2C1. The standard InChI is InChI=1S/C48H48Cl2NO2/c1-3-5-31-51(32-6-4-2)33-39-41(47(52,35-19-11-7-12-20-35)36-21-13-8-14-22-36)27-29-43(49)45(39)46-40(34-51)42(28-30-44(46)50)48(53,37-23-15-9-16-24-37)38-25-17-10-18-26-38/h7-30,52-53H,3-6,31-34H2,1-2H3/q+1. The fraction of sp³-hybridized carbons (Fsp3) is 0.250. The first-order chi connectivity index (χ1) is 25.8. The molecule has 1 aliphatic rings. The van der Waals surface area contributed by atoms with Crippen LogP contribution in [0.15, 0.2) is 146 Å². The number of hydrogen-bond donors (Lipinski definition) is 2. The molecule has 7 rings (SSSR count). The summed E-state index contributed by atoms with van der Waals surface area (Å²) in [6.07, 6.45) is 4.16. The lowest BCUT2D eigenvalue weighted by Crippen LogP contribution is -2.48. The molecule has 6 aromatic rings. The van der Waals surface area contributed by atoms with E-state index < -0.39 is 11.2 Å². The Morgan fingerprint density at radius 1 is 0.472 bits per heavy atom. The molecule has 270 valence electrons. The number of rotatable bonds is 12. The first kappa shape index (κ1) is 37.1. The largest absolute Gasteiger partial charge is 0.376 e. The number of hydrogen-bond acceptors (Lipinski definition) is 2. The molecule has 6 aromatic carbocycles. The Morgan fingerprint density at radius 3 is 1.06 bits per heavy atom. The quantitative estimate of drug-likeness (QED) is 0.0969. The minimum atomic E-state index is -1.48. The monoisotopic (exact) mass is 740 g/mol. The van der Waals surface area contributed by atoms with Crippen LogP contribution in [0.5, 0.6) is 0 Å². The van der Waals surface area contributed by atoms with Crippen molar-refractivity contribution in [3.8, 4) is 11.1 Å². The summed E-state index contributed by atoms with van der Waals surface area (Å²) in [5.41, 5.74) is 5.37. The Morgan fingerprint density at radius 2 is 0.774 bits per heavy atom. The Kier molecular flexibility index (Phi) is 10.9. The zero-order valence-electron chi connectivity index (χ0n) is 30.6. The van der Waals surface area contributed by atoms with Gasteiger partial charge >= 0.3 is 0 Å². The molecule has 2 N–H and O–H groups in total. The highest BCUT2D eigenvalue weighted by molar-refractivity contribution is 6.37. The van der Waals surface area contributed by atoms with Crippen LogP contribution >= 0.6 is 23.2 Å². The van der Waals surface area contributed by atoms with E-state index in [9.17, 15) is 10.2 Å². The van der Waals surface area contributed by atoms with E-state index in [2.05, 4.69) is 13.8 Å². The molecule has 0 atom stereocenters. The molecule has 0 fully saturated rings. The number of quaternary nitrogens is 1. The van der Waals surface area contributed by atoms with Gasteiger partial charge in [-0.1, -0.05) is 183 Å². The minimum absolute atomic E-state index is 0.571. The molecule has 0 radical (unpaired) electrons. The van der Waals surface area contributed by atoms with Gasteiger partial charge in [-0.3, -0.25) is 0 Å². The molecule has 0 saturated heterocycles. The van der Waals surface area contributed by atoms with Gasteiger partial charge in [0, 0.05) is 43.4 Å². The van der Waals surface area contributed by atoms with Crippen molar-refractivity contribution in [2.75, 3.05) is 13.1 Å². The van der Waals surface area contributed by atoms with E-state index in [0.717, 1.165) is 98.9 Å². The molecule has 5 heteroatoms. The van der Waals surface area contributed by atoms with Gasteiger partial charge in [0.1, 0.15) is 24.3 Å². The number of unbranched alkanes of at least 4 members (excludes halogenated alkanes) is 2. The van der Waals surface area contributed by atoms with Gasteiger partial charge in [0.2, 0.25) is 0 Å². The maximum absolute atomic E-state index is 13.4. The van der Waals surface area contributed by atoms with Gasteiger partial charge in [0.15, 0.2) is 0 Å². The molecular weight excluding hydrogens is 693 g/mol. The molecule has 0 aromatic heterocycles. The Hall–Kier alpha value is -4.22. The molecule has 53 heavy (non-hydrogen) atoms. The third-order valence-corrected chi connectivity index (χ3v) is 11.9. The van der Waals surface area contributed by atoms with Crippen LogP contribution in [0.2, 0.25) is 10.0 Å². The predicted octanol–water partition coefficient (Wildman–Crippen LogP) is 11.7. The Bertz CT molecular complexity index is 1920. The van der Waals surface area contributed by atoms with Crippen molar-refractivity contribution in [1.82, 2.24) is 0 Å². The Labute approximate surface area is 324 Å². The molecule has 0 unspecified atom stereocenters. The molecule has 0 aliphatic carbocycles. The van der Waals surface area contributed by atoms with E-state index in [1.807, 2.05) is 146 Å². The maximum atomic E-state index is 13.4. The van der Waals surface area contributed by atoms with E-state index in [4.69, 9.17) is 23.2 Å². The summed E-state index contributed by atoms with van der Waals surface area (Å²) in [7, 11) is 0. The van der Waals surface area contributed by atoms with Crippen molar-refractivity contribution in [2.45, 2.75) is 63.8 Å². The number of benzene rings is 6. The van der Waals surface area contributed by atoms with Gasteiger partial charge in [0.05, 0.1) is 13.1 Å². The minimum Gasteiger partial charge on any atom is -0.376 e. The lowest BCUT2D eigenvalue weighted by atomic mass is 9.75. The van der Waals surface area contributed by atoms with E-state index in [0.29, 0.717) is 23.1 Å². The van der Waals surface area contributed by atoms with Crippen LogP contribution in [0, 0.1) is 0 Å². The number of aliphatic hydroxyl groups is 2. The van der Waals surface area contributed by atoms with Crippen LogP contribution in [0.3, 0.4) is 0 Å². The van der Waals surface area contributed by atoms with Crippen molar-refractivity contribution in [3.05, 3.63) is 200 Å².